The number of benzene rings is 2. The van der Waals surface area contributed by atoms with Crippen LogP contribution in [0.3, 0.4) is 0 Å². The van der Waals surface area contributed by atoms with Gasteiger partial charge in [-0.2, -0.15) is 0 Å². The zero-order valence-corrected chi connectivity index (χ0v) is 20.7. The van der Waals surface area contributed by atoms with Crippen LogP contribution in [-0.4, -0.2) is 29.0 Å². The number of ether oxygens (including phenoxy) is 1. The average Bonchev–Trinajstić information content (AvgIpc) is 3.32. The fourth-order valence-corrected chi connectivity index (χ4v) is 6.01. The van der Waals surface area contributed by atoms with E-state index < -0.39 is 5.82 Å². The Kier molecular flexibility index (Phi) is 6.78. The molecule has 3 heterocycles. The van der Waals surface area contributed by atoms with E-state index in [0.29, 0.717) is 35.7 Å². The van der Waals surface area contributed by atoms with E-state index in [9.17, 15) is 9.18 Å². The largest absolute Gasteiger partial charge is 0.494 e. The molecular formula is C28H25F2N3O2S. The number of halogens is 2. The monoisotopic (exact) mass is 505 g/mol. The zero-order chi connectivity index (χ0) is 25.2. The molecule has 0 saturated carbocycles. The number of anilines is 1. The van der Waals surface area contributed by atoms with Gasteiger partial charge in [-0.05, 0) is 47.9 Å². The number of thioether (sulfide) groups is 1. The maximum absolute atomic E-state index is 15.4. The molecule has 0 amide bonds. The van der Waals surface area contributed by atoms with Gasteiger partial charge in [0, 0.05) is 30.5 Å². The number of hydrogen-bond acceptors (Lipinski definition) is 5. The number of fused-ring (bicyclic) bond motifs is 1. The van der Waals surface area contributed by atoms with Gasteiger partial charge in [-0.3, -0.25) is 9.36 Å². The lowest BCUT2D eigenvalue weighted by Gasteiger charge is -2.21. The Labute approximate surface area is 212 Å². The molecule has 4 aromatic rings. The van der Waals surface area contributed by atoms with Crippen molar-refractivity contribution in [3.8, 4) is 16.9 Å². The fraction of sp³-hybridized carbons (Fsp3) is 0.214. The molecule has 0 aliphatic carbocycles. The first-order chi connectivity index (χ1) is 17.5. The molecule has 0 radical (unpaired) electrons. The lowest BCUT2D eigenvalue weighted by atomic mass is 9.94. The van der Waals surface area contributed by atoms with Crippen molar-refractivity contribution in [2.75, 3.05) is 24.7 Å². The third-order valence-corrected chi connectivity index (χ3v) is 7.74. The lowest BCUT2D eigenvalue weighted by molar-refractivity contribution is 0.387. The minimum Gasteiger partial charge on any atom is -0.494 e. The van der Waals surface area contributed by atoms with E-state index in [-0.39, 0.29) is 34.3 Å². The van der Waals surface area contributed by atoms with Crippen LogP contribution in [-0.2, 0) is 6.42 Å². The van der Waals surface area contributed by atoms with Crippen LogP contribution in [0.1, 0.15) is 22.7 Å². The average molecular weight is 506 g/mol. The van der Waals surface area contributed by atoms with Crippen LogP contribution in [0.5, 0.6) is 5.75 Å². The van der Waals surface area contributed by atoms with Gasteiger partial charge in [-0.15, -0.1) is 11.8 Å². The van der Waals surface area contributed by atoms with Gasteiger partial charge in [0.15, 0.2) is 11.6 Å². The van der Waals surface area contributed by atoms with E-state index >= 15 is 4.39 Å². The summed E-state index contributed by atoms with van der Waals surface area (Å²) in [5.41, 5.74) is 2.16. The van der Waals surface area contributed by atoms with Gasteiger partial charge in [0.05, 0.1) is 23.7 Å². The second-order valence-corrected chi connectivity index (χ2v) is 9.62. The molecule has 1 atom stereocenters. The van der Waals surface area contributed by atoms with Crippen LogP contribution in [0, 0.1) is 18.6 Å². The Hall–Kier alpha value is -3.65. The summed E-state index contributed by atoms with van der Waals surface area (Å²) < 4.78 is 37.0. The minimum atomic E-state index is -0.591. The summed E-state index contributed by atoms with van der Waals surface area (Å²) in [7, 11) is 1.39. The highest BCUT2D eigenvalue weighted by Gasteiger charge is 2.31. The third-order valence-electron chi connectivity index (χ3n) is 6.48. The minimum absolute atomic E-state index is 0.0650. The predicted molar refractivity (Wildman–Crippen MR) is 139 cm³/mol. The molecular weight excluding hydrogens is 480 g/mol. The third kappa shape index (κ3) is 4.37. The van der Waals surface area contributed by atoms with E-state index in [4.69, 9.17) is 4.74 Å². The van der Waals surface area contributed by atoms with Crippen LogP contribution < -0.4 is 15.6 Å². The van der Waals surface area contributed by atoms with Gasteiger partial charge in [0.1, 0.15) is 11.6 Å². The Balaban J connectivity index is 1.67. The van der Waals surface area contributed by atoms with Crippen molar-refractivity contribution >= 4 is 17.6 Å². The van der Waals surface area contributed by atoms with Gasteiger partial charge in [0.2, 0.25) is 0 Å². The van der Waals surface area contributed by atoms with E-state index in [1.165, 1.54) is 19.2 Å². The molecule has 0 spiro atoms. The summed E-state index contributed by atoms with van der Waals surface area (Å²) in [6.07, 6.45) is 1.99. The maximum Gasteiger partial charge on any atom is 0.260 e. The Morgan fingerprint density at radius 1 is 1.11 bits per heavy atom. The Bertz CT molecular complexity index is 1470. The molecule has 36 heavy (non-hydrogen) atoms. The van der Waals surface area contributed by atoms with Gasteiger partial charge >= 0.3 is 0 Å². The number of nitrogens with one attached hydrogen (secondary N) is 1. The second kappa shape index (κ2) is 10.1. The van der Waals surface area contributed by atoms with Gasteiger partial charge in [-0.1, -0.05) is 36.4 Å². The summed E-state index contributed by atoms with van der Waals surface area (Å²) in [6.45, 7) is 2.28. The first-order valence-corrected chi connectivity index (χ1v) is 12.6. The van der Waals surface area contributed by atoms with E-state index in [0.717, 1.165) is 10.6 Å². The molecule has 1 N–H and O–H groups in total. The molecule has 1 unspecified atom stereocenters. The normalized spacial score (nSPS) is 14.5. The molecule has 2 aromatic heterocycles. The van der Waals surface area contributed by atoms with Crippen molar-refractivity contribution in [1.82, 2.24) is 9.55 Å². The summed E-state index contributed by atoms with van der Waals surface area (Å²) in [6, 6.07) is 16.8. The Morgan fingerprint density at radius 2 is 1.92 bits per heavy atom. The van der Waals surface area contributed by atoms with E-state index in [2.05, 4.69) is 10.3 Å². The van der Waals surface area contributed by atoms with Crippen LogP contribution in [0.15, 0.2) is 76.7 Å². The molecule has 1 aliphatic rings. The standard InChI is InChI=1S/C28H25F2N3O2S/c1-17-21(14-18-8-3-4-10-22(18)29)28-33(19(16-36-28)15-32-24-12-5-6-13-31-24)27(34)25(17)20-9-7-11-23(35-2)26(20)30/h3-13,19H,14-16H2,1-2H3,(H,31,32). The van der Waals surface area contributed by atoms with Crippen molar-refractivity contribution < 1.29 is 13.5 Å². The van der Waals surface area contributed by atoms with Crippen LogP contribution in [0.4, 0.5) is 14.6 Å². The van der Waals surface area contributed by atoms with E-state index in [1.54, 1.807) is 52.9 Å². The highest BCUT2D eigenvalue weighted by atomic mass is 32.2. The summed E-state index contributed by atoms with van der Waals surface area (Å²) in [5, 5.41) is 4.09. The van der Waals surface area contributed by atoms with Crippen molar-refractivity contribution in [3.63, 3.8) is 0 Å². The van der Waals surface area contributed by atoms with Crippen molar-refractivity contribution in [1.29, 1.82) is 0 Å². The lowest BCUT2D eigenvalue weighted by Crippen LogP contribution is -2.31. The summed E-state index contributed by atoms with van der Waals surface area (Å²) in [4.78, 5) is 18.3. The predicted octanol–water partition coefficient (Wildman–Crippen LogP) is 5.86. The number of methoxy groups -OCH3 is 1. The van der Waals surface area contributed by atoms with Gasteiger partial charge < -0.3 is 10.1 Å². The van der Waals surface area contributed by atoms with Gasteiger partial charge in [0.25, 0.3) is 5.56 Å². The first-order valence-electron chi connectivity index (χ1n) is 11.6. The Morgan fingerprint density at radius 3 is 2.67 bits per heavy atom. The quantitative estimate of drug-likeness (QED) is 0.341. The molecule has 0 saturated heterocycles. The maximum atomic E-state index is 15.4. The summed E-state index contributed by atoms with van der Waals surface area (Å²) >= 11 is 1.57. The topological polar surface area (TPSA) is 56.1 Å². The number of rotatable bonds is 7. The number of aromatic nitrogens is 2. The molecule has 0 fully saturated rings. The zero-order valence-electron chi connectivity index (χ0n) is 19.9. The summed E-state index contributed by atoms with van der Waals surface area (Å²) in [5.74, 6) is 0.527. The highest BCUT2D eigenvalue weighted by Crippen LogP contribution is 2.40. The van der Waals surface area contributed by atoms with Crippen LogP contribution >= 0.6 is 11.8 Å². The number of nitrogens with zero attached hydrogens (tertiary/aromatic N) is 2. The molecule has 0 bridgehead atoms. The van der Waals surface area contributed by atoms with Crippen molar-refractivity contribution in [3.05, 3.63) is 106 Å². The first kappa shape index (κ1) is 24.1. The van der Waals surface area contributed by atoms with E-state index in [1.807, 2.05) is 25.1 Å². The number of pyridine rings is 2. The van der Waals surface area contributed by atoms with Crippen molar-refractivity contribution in [2.45, 2.75) is 24.4 Å². The molecule has 2 aromatic carbocycles. The van der Waals surface area contributed by atoms with Crippen LogP contribution in [0.2, 0.25) is 0 Å². The fourth-order valence-electron chi connectivity index (χ4n) is 4.63. The van der Waals surface area contributed by atoms with Crippen molar-refractivity contribution in [2.24, 2.45) is 0 Å². The molecule has 5 nitrogen and oxygen atoms in total. The van der Waals surface area contributed by atoms with Crippen LogP contribution in [0.25, 0.3) is 11.1 Å². The molecule has 8 heteroatoms. The molecule has 5 rings (SSSR count). The SMILES string of the molecule is COc1cccc(-c2c(C)c(Cc3ccccc3F)c3n(c2=O)C(CNc2ccccn2)CS3)c1F. The highest BCUT2D eigenvalue weighted by molar-refractivity contribution is 7.99. The number of hydrogen-bond donors (Lipinski definition) is 1. The molecule has 184 valence electrons. The van der Waals surface area contributed by atoms with Gasteiger partial charge in [-0.25, -0.2) is 13.8 Å². The smallest absolute Gasteiger partial charge is 0.260 e. The molecule has 1 aliphatic heterocycles. The second-order valence-electron chi connectivity index (χ2n) is 8.61.